The fourth-order valence-electron chi connectivity index (χ4n) is 2.87. The van der Waals surface area contributed by atoms with Crippen LogP contribution in [0.15, 0.2) is 89.4 Å². The molecule has 8 heteroatoms. The maximum atomic E-state index is 5.94. The highest BCUT2D eigenvalue weighted by Gasteiger charge is 2.07. The zero-order chi connectivity index (χ0) is 22.2. The molecule has 1 aromatic heterocycles. The van der Waals surface area contributed by atoms with Crippen molar-refractivity contribution in [3.63, 3.8) is 0 Å². The number of ether oxygens (including phenoxy) is 2. The predicted molar refractivity (Wildman–Crippen MR) is 128 cm³/mol. The first-order chi connectivity index (χ1) is 15.7. The first-order valence-corrected chi connectivity index (χ1v) is 11.2. The molecule has 0 spiro atoms. The molecule has 3 aromatic carbocycles. The molecular weight excluding hydrogens is 444 g/mol. The first kappa shape index (κ1) is 21.9. The van der Waals surface area contributed by atoms with Gasteiger partial charge in [-0.15, -0.1) is 10.2 Å². The zero-order valence-electron chi connectivity index (χ0n) is 17.4. The van der Waals surface area contributed by atoms with Crippen LogP contribution in [-0.2, 0) is 12.4 Å². The van der Waals surface area contributed by atoms with Gasteiger partial charge in [0.15, 0.2) is 11.5 Å². The summed E-state index contributed by atoms with van der Waals surface area (Å²) >= 11 is 7.49. The third-order valence-electron chi connectivity index (χ3n) is 4.54. The van der Waals surface area contributed by atoms with Crippen molar-refractivity contribution in [2.24, 2.45) is 5.10 Å². The molecule has 32 heavy (non-hydrogen) atoms. The summed E-state index contributed by atoms with van der Waals surface area (Å²) in [5.41, 5.74) is 3.11. The van der Waals surface area contributed by atoms with Gasteiger partial charge in [0.05, 0.1) is 13.3 Å². The Bertz CT molecular complexity index is 1180. The van der Waals surface area contributed by atoms with Gasteiger partial charge in [0.2, 0.25) is 5.16 Å². The average Bonchev–Trinajstić information content (AvgIpc) is 3.29. The normalized spacial score (nSPS) is 11.1. The van der Waals surface area contributed by atoms with E-state index in [0.29, 0.717) is 23.3 Å². The van der Waals surface area contributed by atoms with E-state index in [9.17, 15) is 0 Å². The lowest BCUT2D eigenvalue weighted by Gasteiger charge is -2.11. The lowest BCUT2D eigenvalue weighted by Crippen LogP contribution is -1.98. The van der Waals surface area contributed by atoms with Gasteiger partial charge in [-0.2, -0.15) is 9.78 Å². The number of halogens is 1. The van der Waals surface area contributed by atoms with E-state index in [1.54, 1.807) is 36.1 Å². The van der Waals surface area contributed by atoms with Crippen molar-refractivity contribution in [1.82, 2.24) is 14.9 Å². The Labute approximate surface area is 195 Å². The zero-order valence-corrected chi connectivity index (χ0v) is 19.0. The molecule has 0 aliphatic rings. The van der Waals surface area contributed by atoms with Crippen molar-refractivity contribution in [1.29, 1.82) is 0 Å². The molecule has 0 aliphatic carbocycles. The molecule has 4 rings (SSSR count). The Morgan fingerprint density at radius 1 is 1.00 bits per heavy atom. The van der Waals surface area contributed by atoms with Gasteiger partial charge in [-0.1, -0.05) is 65.8 Å². The van der Waals surface area contributed by atoms with Crippen molar-refractivity contribution in [2.45, 2.75) is 17.5 Å². The summed E-state index contributed by atoms with van der Waals surface area (Å²) in [6.07, 6.45) is 3.31. The SMILES string of the molecule is COc1cc(/C=N/n2cnnc2SCc2ccc(Cl)cc2)ccc1OCc1ccccc1. The fourth-order valence-corrected chi connectivity index (χ4v) is 3.82. The minimum absolute atomic E-state index is 0.472. The number of hydrogen-bond donors (Lipinski definition) is 0. The number of nitrogens with zero attached hydrogens (tertiary/aromatic N) is 4. The molecule has 0 saturated heterocycles. The van der Waals surface area contributed by atoms with Crippen LogP contribution in [0.4, 0.5) is 0 Å². The summed E-state index contributed by atoms with van der Waals surface area (Å²) in [4.78, 5) is 0. The molecular formula is C24H21ClN4O2S. The molecule has 0 atom stereocenters. The maximum absolute atomic E-state index is 5.94. The third kappa shape index (κ3) is 5.90. The molecule has 0 amide bonds. The Morgan fingerprint density at radius 2 is 1.81 bits per heavy atom. The molecule has 0 fully saturated rings. The number of methoxy groups -OCH3 is 1. The van der Waals surface area contributed by atoms with Crippen molar-refractivity contribution >= 4 is 29.6 Å². The lowest BCUT2D eigenvalue weighted by atomic mass is 10.2. The maximum Gasteiger partial charge on any atom is 0.212 e. The molecule has 0 saturated carbocycles. The van der Waals surface area contributed by atoms with Gasteiger partial charge < -0.3 is 9.47 Å². The standard InChI is InChI=1S/C24H21ClN4O2S/c1-30-23-13-20(9-12-22(23)31-15-18-5-3-2-4-6-18)14-27-29-17-26-28-24(29)32-16-19-7-10-21(25)11-8-19/h2-14,17H,15-16H2,1H3/b27-14+. The van der Waals surface area contributed by atoms with Crippen molar-refractivity contribution < 1.29 is 9.47 Å². The monoisotopic (exact) mass is 464 g/mol. The van der Waals surface area contributed by atoms with Gasteiger partial charge in [-0.05, 0) is 47.0 Å². The largest absolute Gasteiger partial charge is 0.493 e. The van der Waals surface area contributed by atoms with Crippen LogP contribution in [0.5, 0.6) is 11.5 Å². The van der Waals surface area contributed by atoms with Gasteiger partial charge in [-0.3, -0.25) is 0 Å². The highest BCUT2D eigenvalue weighted by atomic mass is 35.5. The first-order valence-electron chi connectivity index (χ1n) is 9.87. The molecule has 0 aliphatic heterocycles. The molecule has 6 nitrogen and oxygen atoms in total. The molecule has 1 heterocycles. The van der Waals surface area contributed by atoms with E-state index in [0.717, 1.165) is 27.5 Å². The Kier molecular flexibility index (Phi) is 7.42. The molecule has 0 unspecified atom stereocenters. The van der Waals surface area contributed by atoms with E-state index < -0.39 is 0 Å². The number of benzene rings is 3. The summed E-state index contributed by atoms with van der Waals surface area (Å²) in [5, 5.41) is 14.0. The predicted octanol–water partition coefficient (Wildman–Crippen LogP) is 5.69. The molecule has 4 aromatic rings. The molecule has 162 valence electrons. The summed E-state index contributed by atoms with van der Waals surface area (Å²) in [7, 11) is 1.62. The van der Waals surface area contributed by atoms with Crippen LogP contribution in [0.3, 0.4) is 0 Å². The smallest absolute Gasteiger partial charge is 0.212 e. The average molecular weight is 465 g/mol. The highest BCUT2D eigenvalue weighted by molar-refractivity contribution is 7.98. The summed E-state index contributed by atoms with van der Waals surface area (Å²) in [6.45, 7) is 0.472. The van der Waals surface area contributed by atoms with Crippen molar-refractivity contribution in [3.05, 3.63) is 101 Å². The Morgan fingerprint density at radius 3 is 2.59 bits per heavy atom. The van der Waals surface area contributed by atoms with Gasteiger partial charge >= 0.3 is 0 Å². The number of thioether (sulfide) groups is 1. The van der Waals surface area contributed by atoms with E-state index in [2.05, 4.69) is 15.3 Å². The highest BCUT2D eigenvalue weighted by Crippen LogP contribution is 2.28. The Balaban J connectivity index is 1.41. The second-order valence-corrected chi connectivity index (χ2v) is 8.18. The minimum Gasteiger partial charge on any atom is -0.493 e. The fraction of sp³-hybridized carbons (Fsp3) is 0.125. The quantitative estimate of drug-likeness (QED) is 0.235. The number of rotatable bonds is 9. The van der Waals surface area contributed by atoms with Crippen LogP contribution < -0.4 is 9.47 Å². The van der Waals surface area contributed by atoms with E-state index >= 15 is 0 Å². The number of aromatic nitrogens is 3. The van der Waals surface area contributed by atoms with E-state index in [-0.39, 0.29) is 0 Å². The van der Waals surface area contributed by atoms with Gasteiger partial charge in [0.1, 0.15) is 12.9 Å². The van der Waals surface area contributed by atoms with Gasteiger partial charge in [0.25, 0.3) is 0 Å². The second-order valence-electron chi connectivity index (χ2n) is 6.80. The van der Waals surface area contributed by atoms with Crippen LogP contribution in [0.25, 0.3) is 0 Å². The van der Waals surface area contributed by atoms with Crippen LogP contribution >= 0.6 is 23.4 Å². The van der Waals surface area contributed by atoms with E-state index in [1.807, 2.05) is 72.8 Å². The minimum atomic E-state index is 0.472. The van der Waals surface area contributed by atoms with Crippen LogP contribution in [-0.4, -0.2) is 28.2 Å². The second kappa shape index (κ2) is 10.8. The van der Waals surface area contributed by atoms with Crippen LogP contribution in [0, 0.1) is 0 Å². The van der Waals surface area contributed by atoms with Crippen molar-refractivity contribution in [2.75, 3.05) is 7.11 Å². The molecule has 0 N–H and O–H groups in total. The summed E-state index contributed by atoms with van der Waals surface area (Å²) in [5.74, 6) is 2.06. The topological polar surface area (TPSA) is 61.5 Å². The van der Waals surface area contributed by atoms with E-state index in [4.69, 9.17) is 21.1 Å². The van der Waals surface area contributed by atoms with E-state index in [1.165, 1.54) is 0 Å². The number of hydrogen-bond acceptors (Lipinski definition) is 6. The summed E-state index contributed by atoms with van der Waals surface area (Å²) in [6, 6.07) is 23.4. The van der Waals surface area contributed by atoms with Crippen LogP contribution in [0.1, 0.15) is 16.7 Å². The van der Waals surface area contributed by atoms with Gasteiger partial charge in [0, 0.05) is 10.8 Å². The third-order valence-corrected chi connectivity index (χ3v) is 5.79. The Hall–Kier alpha value is -3.29. The molecule has 0 bridgehead atoms. The van der Waals surface area contributed by atoms with Gasteiger partial charge in [-0.25, -0.2) is 0 Å². The molecule has 0 radical (unpaired) electrons. The van der Waals surface area contributed by atoms with Crippen molar-refractivity contribution in [3.8, 4) is 11.5 Å². The summed E-state index contributed by atoms with van der Waals surface area (Å²) < 4.78 is 13.1. The lowest BCUT2D eigenvalue weighted by molar-refractivity contribution is 0.284. The van der Waals surface area contributed by atoms with Crippen LogP contribution in [0.2, 0.25) is 5.02 Å².